The zero-order chi connectivity index (χ0) is 11.1. The van der Waals surface area contributed by atoms with Crippen molar-refractivity contribution in [3.8, 4) is 0 Å². The highest BCUT2D eigenvalue weighted by atomic mass is 16.2. The molecule has 1 atom stereocenters. The van der Waals surface area contributed by atoms with Crippen molar-refractivity contribution in [2.24, 2.45) is 5.92 Å². The van der Waals surface area contributed by atoms with E-state index in [1.54, 1.807) is 0 Å². The standard InChI is InChI=1S/C12H24N2O/c1-3-4-5-10(2)13-8-9-14-12(15)11-6-7-11/h10-11,13H,3-9H2,1-2H3,(H,14,15). The lowest BCUT2D eigenvalue weighted by molar-refractivity contribution is -0.122. The molecule has 0 bridgehead atoms. The van der Waals surface area contributed by atoms with Crippen LogP contribution in [0.15, 0.2) is 0 Å². The predicted octanol–water partition coefficient (Wildman–Crippen LogP) is 1.68. The van der Waals surface area contributed by atoms with Gasteiger partial charge in [-0.15, -0.1) is 0 Å². The zero-order valence-corrected chi connectivity index (χ0v) is 10.0. The lowest BCUT2D eigenvalue weighted by Crippen LogP contribution is -2.36. The molecule has 1 saturated carbocycles. The molecule has 2 N–H and O–H groups in total. The van der Waals surface area contributed by atoms with Crippen molar-refractivity contribution in [3.63, 3.8) is 0 Å². The van der Waals surface area contributed by atoms with Crippen molar-refractivity contribution in [2.45, 2.75) is 52.0 Å². The Morgan fingerprint density at radius 2 is 2.13 bits per heavy atom. The lowest BCUT2D eigenvalue weighted by Gasteiger charge is -2.13. The molecule has 1 fully saturated rings. The highest BCUT2D eigenvalue weighted by Crippen LogP contribution is 2.28. The maximum absolute atomic E-state index is 11.3. The molecule has 0 radical (unpaired) electrons. The van der Waals surface area contributed by atoms with Gasteiger partial charge in [0.2, 0.25) is 5.91 Å². The molecule has 0 saturated heterocycles. The summed E-state index contributed by atoms with van der Waals surface area (Å²) in [5.41, 5.74) is 0. The van der Waals surface area contributed by atoms with E-state index in [2.05, 4.69) is 24.5 Å². The Bertz CT molecular complexity index is 190. The van der Waals surface area contributed by atoms with E-state index in [0.29, 0.717) is 12.0 Å². The van der Waals surface area contributed by atoms with Crippen LogP contribution in [0, 0.1) is 5.92 Å². The van der Waals surface area contributed by atoms with Gasteiger partial charge in [-0.05, 0) is 26.2 Å². The molecule has 88 valence electrons. The van der Waals surface area contributed by atoms with Gasteiger partial charge in [-0.1, -0.05) is 19.8 Å². The molecule has 1 rings (SSSR count). The Morgan fingerprint density at radius 1 is 1.40 bits per heavy atom. The minimum absolute atomic E-state index is 0.248. The molecule has 0 aromatic heterocycles. The van der Waals surface area contributed by atoms with Crippen molar-refractivity contribution in [1.82, 2.24) is 10.6 Å². The summed E-state index contributed by atoms with van der Waals surface area (Å²) < 4.78 is 0. The van der Waals surface area contributed by atoms with Crippen molar-refractivity contribution in [1.29, 1.82) is 0 Å². The number of carbonyl (C=O) groups excluding carboxylic acids is 1. The number of unbranched alkanes of at least 4 members (excludes halogenated alkanes) is 1. The third kappa shape index (κ3) is 5.78. The van der Waals surface area contributed by atoms with Crippen LogP contribution in [0.2, 0.25) is 0 Å². The Hall–Kier alpha value is -0.570. The number of carbonyl (C=O) groups is 1. The topological polar surface area (TPSA) is 41.1 Å². The second-order valence-corrected chi connectivity index (χ2v) is 4.56. The molecule has 3 nitrogen and oxygen atoms in total. The second-order valence-electron chi connectivity index (χ2n) is 4.56. The fraction of sp³-hybridized carbons (Fsp3) is 0.917. The van der Waals surface area contributed by atoms with Crippen LogP contribution in [0.3, 0.4) is 0 Å². The highest BCUT2D eigenvalue weighted by Gasteiger charge is 2.28. The van der Waals surface area contributed by atoms with Crippen LogP contribution in [0.25, 0.3) is 0 Å². The summed E-state index contributed by atoms with van der Waals surface area (Å²) in [5, 5.41) is 6.37. The molecule has 0 aliphatic heterocycles. The SMILES string of the molecule is CCCCC(C)NCCNC(=O)C1CC1. The van der Waals surface area contributed by atoms with Gasteiger partial charge in [-0.25, -0.2) is 0 Å². The minimum Gasteiger partial charge on any atom is -0.355 e. The second kappa shape index (κ2) is 6.83. The number of amides is 1. The van der Waals surface area contributed by atoms with E-state index >= 15 is 0 Å². The predicted molar refractivity (Wildman–Crippen MR) is 62.7 cm³/mol. The van der Waals surface area contributed by atoms with E-state index in [9.17, 15) is 4.79 Å². The monoisotopic (exact) mass is 212 g/mol. The van der Waals surface area contributed by atoms with E-state index in [1.165, 1.54) is 19.3 Å². The third-order valence-corrected chi connectivity index (χ3v) is 2.86. The molecule has 3 heteroatoms. The first-order valence-corrected chi connectivity index (χ1v) is 6.25. The van der Waals surface area contributed by atoms with Crippen LogP contribution in [-0.4, -0.2) is 25.0 Å². The van der Waals surface area contributed by atoms with Crippen molar-refractivity contribution in [2.75, 3.05) is 13.1 Å². The normalized spacial score (nSPS) is 17.5. The molecule has 0 aromatic carbocycles. The lowest BCUT2D eigenvalue weighted by atomic mass is 10.1. The van der Waals surface area contributed by atoms with Gasteiger partial charge in [0, 0.05) is 25.0 Å². The van der Waals surface area contributed by atoms with Crippen LogP contribution in [0.5, 0.6) is 0 Å². The Kier molecular flexibility index (Phi) is 5.69. The van der Waals surface area contributed by atoms with Gasteiger partial charge in [0.1, 0.15) is 0 Å². The van der Waals surface area contributed by atoms with Crippen molar-refractivity contribution in [3.05, 3.63) is 0 Å². The molecule has 0 aromatic rings. The number of rotatable bonds is 8. The van der Waals surface area contributed by atoms with Crippen LogP contribution in [0.4, 0.5) is 0 Å². The Morgan fingerprint density at radius 3 is 2.73 bits per heavy atom. The molecule has 1 aliphatic rings. The Balaban J connectivity index is 1.89. The van der Waals surface area contributed by atoms with Crippen LogP contribution >= 0.6 is 0 Å². The van der Waals surface area contributed by atoms with Gasteiger partial charge in [0.25, 0.3) is 0 Å². The summed E-state index contributed by atoms with van der Waals surface area (Å²) in [4.78, 5) is 11.3. The molecule has 1 unspecified atom stereocenters. The summed E-state index contributed by atoms with van der Waals surface area (Å²) in [6, 6.07) is 0.572. The summed E-state index contributed by atoms with van der Waals surface area (Å²) in [6.07, 6.45) is 5.94. The average Bonchev–Trinajstić information content (AvgIpc) is 3.04. The van der Waals surface area contributed by atoms with Crippen molar-refractivity contribution < 1.29 is 4.79 Å². The van der Waals surface area contributed by atoms with Crippen molar-refractivity contribution >= 4 is 5.91 Å². The molecule has 15 heavy (non-hydrogen) atoms. The van der Waals surface area contributed by atoms with Gasteiger partial charge < -0.3 is 10.6 Å². The minimum atomic E-state index is 0.248. The van der Waals surface area contributed by atoms with Crippen LogP contribution in [0.1, 0.15) is 46.0 Å². The first kappa shape index (κ1) is 12.5. The molecular formula is C12H24N2O. The highest BCUT2D eigenvalue weighted by molar-refractivity contribution is 5.80. The fourth-order valence-electron chi connectivity index (χ4n) is 1.61. The maximum Gasteiger partial charge on any atom is 0.223 e. The number of hydrogen-bond donors (Lipinski definition) is 2. The zero-order valence-electron chi connectivity index (χ0n) is 10.0. The smallest absolute Gasteiger partial charge is 0.223 e. The van der Waals surface area contributed by atoms with Crippen LogP contribution < -0.4 is 10.6 Å². The molecule has 0 spiro atoms. The number of hydrogen-bond acceptors (Lipinski definition) is 2. The van der Waals surface area contributed by atoms with Gasteiger partial charge in [-0.2, -0.15) is 0 Å². The van der Waals surface area contributed by atoms with E-state index < -0.39 is 0 Å². The number of nitrogens with one attached hydrogen (secondary N) is 2. The largest absolute Gasteiger partial charge is 0.355 e. The van der Waals surface area contributed by atoms with E-state index in [4.69, 9.17) is 0 Å². The Labute approximate surface area is 93.0 Å². The summed E-state index contributed by atoms with van der Waals surface area (Å²) in [6.45, 7) is 6.08. The molecule has 1 aliphatic carbocycles. The first-order chi connectivity index (χ1) is 7.24. The van der Waals surface area contributed by atoms with Gasteiger partial charge in [0.05, 0.1) is 0 Å². The van der Waals surface area contributed by atoms with E-state index in [0.717, 1.165) is 25.9 Å². The quantitative estimate of drug-likeness (QED) is 0.601. The fourth-order valence-corrected chi connectivity index (χ4v) is 1.61. The summed E-state index contributed by atoms with van der Waals surface area (Å²) in [5.74, 6) is 0.584. The molecule has 0 heterocycles. The van der Waals surface area contributed by atoms with E-state index in [-0.39, 0.29) is 5.91 Å². The van der Waals surface area contributed by atoms with Crippen LogP contribution in [-0.2, 0) is 4.79 Å². The summed E-state index contributed by atoms with van der Waals surface area (Å²) >= 11 is 0. The molecule has 1 amide bonds. The van der Waals surface area contributed by atoms with Gasteiger partial charge in [0.15, 0.2) is 0 Å². The average molecular weight is 212 g/mol. The van der Waals surface area contributed by atoms with Gasteiger partial charge >= 0.3 is 0 Å². The first-order valence-electron chi connectivity index (χ1n) is 6.25. The molecular weight excluding hydrogens is 188 g/mol. The third-order valence-electron chi connectivity index (χ3n) is 2.86. The summed E-state index contributed by atoms with van der Waals surface area (Å²) in [7, 11) is 0. The van der Waals surface area contributed by atoms with E-state index in [1.807, 2.05) is 0 Å². The van der Waals surface area contributed by atoms with Gasteiger partial charge in [-0.3, -0.25) is 4.79 Å². The maximum atomic E-state index is 11.3.